The molecule has 0 aliphatic rings. The monoisotopic (exact) mass is 269 g/mol. The van der Waals surface area contributed by atoms with Crippen LogP contribution in [0.3, 0.4) is 0 Å². The van der Waals surface area contributed by atoms with Gasteiger partial charge in [0, 0.05) is 12.5 Å². The zero-order chi connectivity index (χ0) is 14.8. The summed E-state index contributed by atoms with van der Waals surface area (Å²) in [6.45, 7) is 13.9. The lowest BCUT2D eigenvalue weighted by Gasteiger charge is -2.20. The predicted molar refractivity (Wildman–Crippen MR) is 83.4 cm³/mol. The number of hydrogen-bond acceptors (Lipinski definition) is 2. The van der Waals surface area contributed by atoms with Crippen LogP contribution in [0.4, 0.5) is 0 Å². The molecule has 0 fully saturated rings. The lowest BCUT2D eigenvalue weighted by molar-refractivity contribution is 0.530. The highest BCUT2D eigenvalue weighted by atomic mass is 15.3. The first-order valence-corrected chi connectivity index (χ1v) is 7.00. The molecule has 0 amide bonds. The lowest BCUT2D eigenvalue weighted by atomic mass is 9.85. The number of rotatable bonds is 4. The van der Waals surface area contributed by atoms with Gasteiger partial charge in [-0.3, -0.25) is 4.68 Å². The highest BCUT2D eigenvalue weighted by molar-refractivity contribution is 5.65. The molecule has 3 heteroatoms. The van der Waals surface area contributed by atoms with Gasteiger partial charge in [-0.2, -0.15) is 5.10 Å². The summed E-state index contributed by atoms with van der Waals surface area (Å²) >= 11 is 0. The van der Waals surface area contributed by atoms with Crippen LogP contribution in [0.5, 0.6) is 0 Å². The second-order valence-electron chi connectivity index (χ2n) is 6.37. The van der Waals surface area contributed by atoms with E-state index in [4.69, 9.17) is 0 Å². The molecule has 0 aliphatic heterocycles. The van der Waals surface area contributed by atoms with E-state index in [1.165, 1.54) is 11.1 Å². The maximum atomic E-state index is 4.24. The maximum absolute atomic E-state index is 4.24. The van der Waals surface area contributed by atoms with Crippen molar-refractivity contribution in [1.82, 2.24) is 14.8 Å². The molecule has 1 aromatic heterocycles. The van der Waals surface area contributed by atoms with Gasteiger partial charge in [0.2, 0.25) is 0 Å². The summed E-state index contributed by atoms with van der Waals surface area (Å²) in [5, 5.41) is 4.14. The van der Waals surface area contributed by atoms with Gasteiger partial charge in [-0.15, -0.1) is 0 Å². The SMILES string of the molecule is C=C(c1ccc(C(C)(C)C)cc1)C(C)Cn1cncn1. The minimum absolute atomic E-state index is 0.187. The van der Waals surface area contributed by atoms with E-state index in [2.05, 4.69) is 68.6 Å². The zero-order valence-corrected chi connectivity index (χ0v) is 12.8. The molecule has 1 aromatic carbocycles. The van der Waals surface area contributed by atoms with Crippen molar-refractivity contribution in [2.45, 2.75) is 39.7 Å². The first-order valence-electron chi connectivity index (χ1n) is 7.00. The van der Waals surface area contributed by atoms with Crippen molar-refractivity contribution < 1.29 is 0 Å². The molecule has 20 heavy (non-hydrogen) atoms. The fourth-order valence-electron chi connectivity index (χ4n) is 2.19. The van der Waals surface area contributed by atoms with Crippen LogP contribution < -0.4 is 0 Å². The Morgan fingerprint density at radius 1 is 1.25 bits per heavy atom. The lowest BCUT2D eigenvalue weighted by Crippen LogP contribution is -2.12. The van der Waals surface area contributed by atoms with Crippen LogP contribution >= 0.6 is 0 Å². The summed E-state index contributed by atoms with van der Waals surface area (Å²) in [6, 6.07) is 8.73. The minimum Gasteiger partial charge on any atom is -0.252 e. The molecule has 3 nitrogen and oxygen atoms in total. The first-order chi connectivity index (χ1) is 9.38. The molecule has 2 aromatic rings. The van der Waals surface area contributed by atoms with Crippen molar-refractivity contribution in [2.24, 2.45) is 5.92 Å². The Labute approximate surface area is 121 Å². The normalized spacial score (nSPS) is 13.2. The van der Waals surface area contributed by atoms with Crippen LogP contribution in [0, 0.1) is 5.92 Å². The van der Waals surface area contributed by atoms with Crippen molar-refractivity contribution in [2.75, 3.05) is 0 Å². The zero-order valence-electron chi connectivity index (χ0n) is 12.8. The molecule has 0 saturated heterocycles. The van der Waals surface area contributed by atoms with Crippen LogP contribution in [0.15, 0.2) is 43.5 Å². The summed E-state index contributed by atoms with van der Waals surface area (Å²) in [6.07, 6.45) is 3.31. The Balaban J connectivity index is 2.09. The highest BCUT2D eigenvalue weighted by Gasteiger charge is 2.15. The Bertz CT molecular complexity index is 559. The quantitative estimate of drug-likeness (QED) is 0.842. The number of hydrogen-bond donors (Lipinski definition) is 0. The second-order valence-corrected chi connectivity index (χ2v) is 6.37. The van der Waals surface area contributed by atoms with E-state index in [0.717, 1.165) is 12.1 Å². The van der Waals surface area contributed by atoms with Crippen molar-refractivity contribution in [3.63, 3.8) is 0 Å². The highest BCUT2D eigenvalue weighted by Crippen LogP contribution is 2.27. The summed E-state index contributed by atoms with van der Waals surface area (Å²) in [5.74, 6) is 0.331. The molecule has 1 atom stereocenters. The van der Waals surface area contributed by atoms with E-state index in [1.54, 1.807) is 12.7 Å². The summed E-state index contributed by atoms with van der Waals surface area (Å²) in [4.78, 5) is 3.97. The van der Waals surface area contributed by atoms with Gasteiger partial charge in [-0.25, -0.2) is 4.98 Å². The van der Waals surface area contributed by atoms with E-state index < -0.39 is 0 Å². The summed E-state index contributed by atoms with van der Waals surface area (Å²) in [7, 11) is 0. The average molecular weight is 269 g/mol. The van der Waals surface area contributed by atoms with Gasteiger partial charge in [-0.05, 0) is 22.1 Å². The first kappa shape index (κ1) is 14.5. The molecular formula is C17H23N3. The predicted octanol–water partition coefficient (Wildman–Crippen LogP) is 3.93. The molecule has 0 N–H and O–H groups in total. The van der Waals surface area contributed by atoms with Gasteiger partial charge in [0.15, 0.2) is 0 Å². The van der Waals surface area contributed by atoms with Gasteiger partial charge in [0.1, 0.15) is 12.7 Å². The molecule has 0 bridgehead atoms. The van der Waals surface area contributed by atoms with Crippen LogP contribution in [0.25, 0.3) is 5.57 Å². The van der Waals surface area contributed by atoms with Gasteiger partial charge < -0.3 is 0 Å². The fourth-order valence-corrected chi connectivity index (χ4v) is 2.19. The second kappa shape index (κ2) is 5.61. The van der Waals surface area contributed by atoms with E-state index in [1.807, 2.05) is 4.68 Å². The molecule has 0 radical (unpaired) electrons. The molecule has 106 valence electrons. The topological polar surface area (TPSA) is 30.7 Å². The van der Waals surface area contributed by atoms with Crippen molar-refractivity contribution in [1.29, 1.82) is 0 Å². The number of allylic oxidation sites excluding steroid dienone is 1. The summed E-state index contributed by atoms with van der Waals surface area (Å²) < 4.78 is 1.85. The van der Waals surface area contributed by atoms with Crippen molar-refractivity contribution >= 4 is 5.57 Å². The molecule has 0 saturated carbocycles. The Morgan fingerprint density at radius 2 is 1.90 bits per heavy atom. The number of nitrogens with zero attached hydrogens (tertiary/aromatic N) is 3. The van der Waals surface area contributed by atoms with Crippen LogP contribution in [0.1, 0.15) is 38.8 Å². The summed E-state index contributed by atoms with van der Waals surface area (Å²) in [5.41, 5.74) is 3.87. The van der Waals surface area contributed by atoms with Gasteiger partial charge in [0.05, 0.1) is 0 Å². The Morgan fingerprint density at radius 3 is 2.40 bits per heavy atom. The molecule has 2 rings (SSSR count). The molecule has 1 heterocycles. The average Bonchev–Trinajstić information content (AvgIpc) is 2.90. The smallest absolute Gasteiger partial charge is 0.137 e. The largest absolute Gasteiger partial charge is 0.252 e. The van der Waals surface area contributed by atoms with Gasteiger partial charge in [-0.1, -0.05) is 58.5 Å². The van der Waals surface area contributed by atoms with E-state index in [0.29, 0.717) is 5.92 Å². The maximum Gasteiger partial charge on any atom is 0.137 e. The van der Waals surface area contributed by atoms with Crippen molar-refractivity contribution in [3.8, 4) is 0 Å². The Hall–Kier alpha value is -1.90. The standard InChI is InChI=1S/C17H23N3/c1-13(10-20-12-18-11-19-20)14(2)15-6-8-16(9-7-15)17(3,4)5/h6-9,11-13H,2,10H2,1,3-5H3. The van der Waals surface area contributed by atoms with Crippen molar-refractivity contribution in [3.05, 3.63) is 54.6 Å². The molecule has 1 unspecified atom stereocenters. The fraction of sp³-hybridized carbons (Fsp3) is 0.412. The third kappa shape index (κ3) is 3.35. The molecule has 0 aliphatic carbocycles. The molecular weight excluding hydrogens is 246 g/mol. The van der Waals surface area contributed by atoms with E-state index in [-0.39, 0.29) is 5.41 Å². The van der Waals surface area contributed by atoms with E-state index >= 15 is 0 Å². The van der Waals surface area contributed by atoms with Crippen LogP contribution in [-0.2, 0) is 12.0 Å². The molecule has 0 spiro atoms. The van der Waals surface area contributed by atoms with Gasteiger partial charge >= 0.3 is 0 Å². The van der Waals surface area contributed by atoms with E-state index in [9.17, 15) is 0 Å². The minimum atomic E-state index is 0.187. The van der Waals surface area contributed by atoms with Gasteiger partial charge in [0.25, 0.3) is 0 Å². The third-order valence-electron chi connectivity index (χ3n) is 3.64. The third-order valence-corrected chi connectivity index (χ3v) is 3.64. The van der Waals surface area contributed by atoms with Crippen LogP contribution in [0.2, 0.25) is 0 Å². The number of benzene rings is 1. The number of aromatic nitrogens is 3. The van der Waals surface area contributed by atoms with Crippen LogP contribution in [-0.4, -0.2) is 14.8 Å². The Kier molecular flexibility index (Phi) is 4.07.